The maximum absolute atomic E-state index is 13.7. The Hall–Kier alpha value is -2.76. The number of nitrogens with zero attached hydrogens (tertiary/aromatic N) is 5. The van der Waals surface area contributed by atoms with Crippen molar-refractivity contribution < 1.29 is 26.0 Å². The molecule has 0 bridgehead atoms. The van der Waals surface area contributed by atoms with Gasteiger partial charge < -0.3 is 4.90 Å². The molecule has 1 unspecified atom stereocenters. The Balaban J connectivity index is 1.80. The predicted molar refractivity (Wildman–Crippen MR) is 96.2 cm³/mol. The summed E-state index contributed by atoms with van der Waals surface area (Å²) in [5.74, 6) is -0.210. The van der Waals surface area contributed by atoms with E-state index in [1.165, 1.54) is 12.1 Å². The van der Waals surface area contributed by atoms with Crippen molar-refractivity contribution in [1.29, 1.82) is 0 Å². The number of fused-ring (bicyclic) bond motifs is 1. The van der Waals surface area contributed by atoms with Gasteiger partial charge in [-0.2, -0.15) is 21.6 Å². The van der Waals surface area contributed by atoms with Crippen LogP contribution in [0.1, 0.15) is 30.1 Å². The number of hydrogen-bond donors (Lipinski definition) is 0. The number of halogens is 4. The van der Waals surface area contributed by atoms with Gasteiger partial charge in [0.2, 0.25) is 0 Å². The summed E-state index contributed by atoms with van der Waals surface area (Å²) in [6, 6.07) is 4.06. The van der Waals surface area contributed by atoms with Crippen LogP contribution in [0.5, 0.6) is 0 Å². The van der Waals surface area contributed by atoms with Gasteiger partial charge in [0.25, 0.3) is 0 Å². The number of rotatable bonds is 3. The number of pyridine rings is 2. The number of imidazole rings is 1. The zero-order chi connectivity index (χ0) is 21.0. The van der Waals surface area contributed by atoms with Gasteiger partial charge in [0, 0.05) is 12.2 Å². The Labute approximate surface area is 163 Å². The summed E-state index contributed by atoms with van der Waals surface area (Å²) in [7, 11) is -5.66. The average Bonchev–Trinajstić information content (AvgIpc) is 3.29. The van der Waals surface area contributed by atoms with E-state index in [0.29, 0.717) is 30.6 Å². The van der Waals surface area contributed by atoms with Crippen molar-refractivity contribution in [1.82, 2.24) is 18.9 Å². The summed E-state index contributed by atoms with van der Waals surface area (Å²) in [6.07, 6.45) is 3.13. The van der Waals surface area contributed by atoms with Gasteiger partial charge in [0.05, 0.1) is 12.2 Å². The maximum atomic E-state index is 13.7. The van der Waals surface area contributed by atoms with Crippen molar-refractivity contribution in [2.24, 2.45) is 0 Å². The lowest BCUT2D eigenvalue weighted by Gasteiger charge is -2.27. The highest BCUT2D eigenvalue weighted by Crippen LogP contribution is 2.37. The Bertz CT molecular complexity index is 1190. The van der Waals surface area contributed by atoms with E-state index < -0.39 is 27.0 Å². The second-order valence-corrected chi connectivity index (χ2v) is 8.49. The van der Waals surface area contributed by atoms with Crippen molar-refractivity contribution in [3.05, 3.63) is 47.8 Å². The van der Waals surface area contributed by atoms with Crippen LogP contribution >= 0.6 is 0 Å². The quantitative estimate of drug-likeness (QED) is 0.595. The highest BCUT2D eigenvalue weighted by molar-refractivity contribution is 7.90. The van der Waals surface area contributed by atoms with Crippen LogP contribution in [0, 0.1) is 12.7 Å². The molecule has 3 aromatic heterocycles. The van der Waals surface area contributed by atoms with Crippen LogP contribution in [0.2, 0.25) is 0 Å². The zero-order valence-electron chi connectivity index (χ0n) is 15.1. The molecule has 0 aromatic carbocycles. The van der Waals surface area contributed by atoms with E-state index in [4.69, 9.17) is 0 Å². The number of hydrogen-bond acceptors (Lipinski definition) is 6. The van der Waals surface area contributed by atoms with Gasteiger partial charge >= 0.3 is 15.5 Å². The van der Waals surface area contributed by atoms with Crippen LogP contribution < -0.4 is 4.90 Å². The van der Waals surface area contributed by atoms with Crippen molar-refractivity contribution in [3.63, 3.8) is 0 Å². The minimum absolute atomic E-state index is 0.0147. The normalized spacial score (nSPS) is 18.0. The molecule has 0 radical (unpaired) electrons. The van der Waals surface area contributed by atoms with Gasteiger partial charge in [-0.25, -0.2) is 18.3 Å². The minimum atomic E-state index is -5.66. The minimum Gasteiger partial charge on any atom is -0.349 e. The van der Waals surface area contributed by atoms with Gasteiger partial charge in [-0.1, -0.05) is 0 Å². The highest BCUT2D eigenvalue weighted by atomic mass is 32.2. The zero-order valence-corrected chi connectivity index (χ0v) is 15.9. The molecule has 7 nitrogen and oxygen atoms in total. The summed E-state index contributed by atoms with van der Waals surface area (Å²) in [5.41, 5.74) is -4.60. The summed E-state index contributed by atoms with van der Waals surface area (Å²) in [5, 5.41) is 0. The smallest absolute Gasteiger partial charge is 0.349 e. The van der Waals surface area contributed by atoms with Crippen LogP contribution in [-0.2, 0) is 10.0 Å². The average molecular weight is 429 g/mol. The second kappa shape index (κ2) is 6.65. The number of anilines is 1. The first-order chi connectivity index (χ1) is 13.6. The van der Waals surface area contributed by atoms with E-state index in [9.17, 15) is 26.0 Å². The first-order valence-electron chi connectivity index (χ1n) is 8.64. The van der Waals surface area contributed by atoms with Gasteiger partial charge in [-0.05, 0) is 43.5 Å². The molecule has 0 amide bonds. The highest BCUT2D eigenvalue weighted by Gasteiger charge is 2.48. The summed E-state index contributed by atoms with van der Waals surface area (Å²) >= 11 is 0. The van der Waals surface area contributed by atoms with Crippen LogP contribution in [0.3, 0.4) is 0 Å². The third-order valence-electron chi connectivity index (χ3n) is 4.90. The lowest BCUT2D eigenvalue weighted by molar-refractivity contribution is -0.0445. The predicted octanol–water partition coefficient (Wildman–Crippen LogP) is 3.31. The molecule has 1 atom stereocenters. The first kappa shape index (κ1) is 19.6. The van der Waals surface area contributed by atoms with Crippen molar-refractivity contribution in [2.45, 2.75) is 31.3 Å². The van der Waals surface area contributed by atoms with E-state index >= 15 is 0 Å². The molecule has 0 aliphatic carbocycles. The largest absolute Gasteiger partial charge is 0.517 e. The standard InChI is InChI=1S/C17H15F4N5O2S/c1-10-12(7-11(18)8-22-10)14-3-2-6-25(14)15-5-4-13-16(24-15)26(9-23-13)29(27,28)17(19,20)21/h4-5,7-9,14H,2-3,6H2,1H3. The van der Waals surface area contributed by atoms with Crippen molar-refractivity contribution >= 4 is 27.0 Å². The number of alkyl halides is 3. The molecular formula is C17H15F4N5O2S. The molecule has 0 N–H and O–H groups in total. The molecule has 4 rings (SSSR count). The molecule has 0 spiro atoms. The number of aromatic nitrogens is 4. The Kier molecular flexibility index (Phi) is 4.48. The molecule has 1 fully saturated rings. The van der Waals surface area contributed by atoms with Crippen molar-refractivity contribution in [3.8, 4) is 0 Å². The van der Waals surface area contributed by atoms with Crippen LogP contribution in [0.15, 0.2) is 30.7 Å². The number of aryl methyl sites for hydroxylation is 1. The Morgan fingerprint density at radius 3 is 2.69 bits per heavy atom. The fourth-order valence-corrected chi connectivity index (χ4v) is 4.29. The fourth-order valence-electron chi connectivity index (χ4n) is 3.54. The lowest BCUT2D eigenvalue weighted by Crippen LogP contribution is -2.29. The molecular weight excluding hydrogens is 414 g/mol. The van der Waals surface area contributed by atoms with E-state index in [1.807, 2.05) is 0 Å². The molecule has 1 aliphatic rings. The fraction of sp³-hybridized carbons (Fsp3) is 0.353. The van der Waals surface area contributed by atoms with Crippen LogP contribution in [0.4, 0.5) is 23.4 Å². The van der Waals surface area contributed by atoms with E-state index in [1.54, 1.807) is 17.9 Å². The molecule has 29 heavy (non-hydrogen) atoms. The third kappa shape index (κ3) is 3.20. The molecule has 4 heterocycles. The summed E-state index contributed by atoms with van der Waals surface area (Å²) in [4.78, 5) is 13.7. The molecule has 0 saturated carbocycles. The van der Waals surface area contributed by atoms with Gasteiger partial charge in [-0.3, -0.25) is 4.98 Å². The maximum Gasteiger partial charge on any atom is 0.517 e. The van der Waals surface area contributed by atoms with E-state index in [2.05, 4.69) is 15.0 Å². The Morgan fingerprint density at radius 2 is 1.97 bits per heavy atom. The molecule has 12 heteroatoms. The van der Waals surface area contributed by atoms with Crippen LogP contribution in [-0.4, -0.2) is 39.4 Å². The van der Waals surface area contributed by atoms with Gasteiger partial charge in [-0.15, -0.1) is 0 Å². The molecule has 154 valence electrons. The van der Waals surface area contributed by atoms with Crippen LogP contribution in [0.25, 0.3) is 11.2 Å². The topological polar surface area (TPSA) is 81.0 Å². The van der Waals surface area contributed by atoms with Gasteiger partial charge in [0.1, 0.15) is 23.5 Å². The first-order valence-corrected chi connectivity index (χ1v) is 10.1. The van der Waals surface area contributed by atoms with E-state index in [-0.39, 0.29) is 21.3 Å². The van der Waals surface area contributed by atoms with E-state index in [0.717, 1.165) is 12.6 Å². The lowest BCUT2D eigenvalue weighted by atomic mass is 10.0. The van der Waals surface area contributed by atoms with Gasteiger partial charge in [0.15, 0.2) is 5.65 Å². The molecule has 3 aromatic rings. The monoisotopic (exact) mass is 429 g/mol. The SMILES string of the molecule is Cc1ncc(F)cc1C1CCCN1c1ccc2ncn(S(=O)(=O)C(F)(F)F)c2n1. The second-order valence-electron chi connectivity index (χ2n) is 6.68. The summed E-state index contributed by atoms with van der Waals surface area (Å²) in [6.45, 7) is 2.27. The molecule has 1 saturated heterocycles. The Morgan fingerprint density at radius 1 is 1.21 bits per heavy atom. The molecule has 1 aliphatic heterocycles. The van der Waals surface area contributed by atoms with Crippen molar-refractivity contribution in [2.75, 3.05) is 11.4 Å². The summed E-state index contributed by atoms with van der Waals surface area (Å²) < 4.78 is 76.3. The third-order valence-corrected chi connectivity index (χ3v) is 6.27.